The molecule has 1 aromatic heterocycles. The maximum Gasteiger partial charge on any atom is 0.256 e. The van der Waals surface area contributed by atoms with E-state index in [1.807, 2.05) is 11.8 Å². The van der Waals surface area contributed by atoms with Crippen LogP contribution in [0.3, 0.4) is 0 Å². The van der Waals surface area contributed by atoms with Gasteiger partial charge in [0.05, 0.1) is 5.56 Å². The van der Waals surface area contributed by atoms with Gasteiger partial charge in [0.15, 0.2) is 0 Å². The van der Waals surface area contributed by atoms with Crippen molar-refractivity contribution < 1.29 is 9.18 Å². The molecule has 2 atom stereocenters. The molecule has 2 aromatic rings. The van der Waals surface area contributed by atoms with E-state index in [1.165, 1.54) is 17.3 Å². The van der Waals surface area contributed by atoms with Gasteiger partial charge in [-0.3, -0.25) is 4.79 Å². The third kappa shape index (κ3) is 2.78. The van der Waals surface area contributed by atoms with E-state index in [0.29, 0.717) is 24.9 Å². The number of aromatic nitrogens is 2. The highest BCUT2D eigenvalue weighted by Crippen LogP contribution is 2.37. The number of rotatable bonds is 2. The van der Waals surface area contributed by atoms with E-state index in [0.717, 1.165) is 44.0 Å². The molecule has 0 saturated carbocycles. The van der Waals surface area contributed by atoms with Crippen LogP contribution in [0.4, 0.5) is 10.2 Å². The van der Waals surface area contributed by atoms with Crippen molar-refractivity contribution in [1.29, 1.82) is 0 Å². The average Bonchev–Trinajstić information content (AvgIpc) is 3.34. The second-order valence-corrected chi connectivity index (χ2v) is 7.99. The van der Waals surface area contributed by atoms with Crippen molar-refractivity contribution in [3.63, 3.8) is 0 Å². The van der Waals surface area contributed by atoms with Gasteiger partial charge in [0, 0.05) is 49.3 Å². The normalized spacial score (nSPS) is 23.6. The summed E-state index contributed by atoms with van der Waals surface area (Å²) >= 11 is 0. The number of carbonyl (C=O) groups excluding carboxylic acids is 1. The lowest BCUT2D eigenvalue weighted by molar-refractivity contribution is 0.0778. The van der Waals surface area contributed by atoms with E-state index in [4.69, 9.17) is 4.98 Å². The van der Waals surface area contributed by atoms with E-state index in [-0.39, 0.29) is 11.5 Å². The Morgan fingerprint density at radius 1 is 1.07 bits per heavy atom. The summed E-state index contributed by atoms with van der Waals surface area (Å²) in [6.45, 7) is 5.18. The molecule has 1 aliphatic carbocycles. The lowest BCUT2D eigenvalue weighted by Gasteiger charge is -2.24. The third-order valence-electron chi connectivity index (χ3n) is 6.20. The van der Waals surface area contributed by atoms with Crippen molar-refractivity contribution in [3.05, 3.63) is 52.7 Å². The lowest BCUT2D eigenvalue weighted by atomic mass is 10.0. The molecule has 5 rings (SSSR count). The number of benzene rings is 1. The fourth-order valence-electron chi connectivity index (χ4n) is 4.93. The Kier molecular flexibility index (Phi) is 3.88. The number of nitrogens with zero attached hydrogens (tertiary/aromatic N) is 4. The molecule has 0 N–H and O–H groups in total. The smallest absolute Gasteiger partial charge is 0.256 e. The van der Waals surface area contributed by atoms with E-state index in [9.17, 15) is 9.18 Å². The zero-order valence-electron chi connectivity index (χ0n) is 15.5. The number of fused-ring (bicyclic) bond motifs is 2. The highest BCUT2D eigenvalue weighted by atomic mass is 19.1. The van der Waals surface area contributed by atoms with Crippen LogP contribution >= 0.6 is 0 Å². The predicted molar refractivity (Wildman–Crippen MR) is 100 cm³/mol. The van der Waals surface area contributed by atoms with Gasteiger partial charge in [0.2, 0.25) is 0 Å². The molecule has 0 radical (unpaired) electrons. The minimum atomic E-state index is -0.437. The van der Waals surface area contributed by atoms with E-state index < -0.39 is 5.82 Å². The topological polar surface area (TPSA) is 49.3 Å². The van der Waals surface area contributed by atoms with Crippen LogP contribution in [0.2, 0.25) is 0 Å². The maximum absolute atomic E-state index is 14.0. The maximum atomic E-state index is 14.0. The zero-order valence-corrected chi connectivity index (χ0v) is 15.5. The quantitative estimate of drug-likeness (QED) is 0.820. The average molecular weight is 366 g/mol. The van der Waals surface area contributed by atoms with E-state index in [1.54, 1.807) is 18.2 Å². The molecule has 6 heteroatoms. The number of hydrogen-bond acceptors (Lipinski definition) is 4. The highest BCUT2D eigenvalue weighted by molar-refractivity contribution is 5.94. The van der Waals surface area contributed by atoms with Crippen molar-refractivity contribution in [2.45, 2.75) is 26.2 Å². The number of amides is 1. The van der Waals surface area contributed by atoms with Crippen molar-refractivity contribution in [1.82, 2.24) is 14.9 Å². The first kappa shape index (κ1) is 16.7. The van der Waals surface area contributed by atoms with Crippen LogP contribution in [-0.4, -0.2) is 47.0 Å². The largest absolute Gasteiger partial charge is 0.356 e. The van der Waals surface area contributed by atoms with Crippen LogP contribution in [0.5, 0.6) is 0 Å². The number of halogens is 1. The Morgan fingerprint density at radius 3 is 2.56 bits per heavy atom. The van der Waals surface area contributed by atoms with Crippen LogP contribution < -0.4 is 4.90 Å². The summed E-state index contributed by atoms with van der Waals surface area (Å²) in [5.41, 5.74) is 2.71. The van der Waals surface area contributed by atoms with Gasteiger partial charge in [-0.15, -0.1) is 0 Å². The van der Waals surface area contributed by atoms with Gasteiger partial charge in [-0.2, -0.15) is 0 Å². The van der Waals surface area contributed by atoms with Crippen LogP contribution in [0.25, 0.3) is 0 Å². The summed E-state index contributed by atoms with van der Waals surface area (Å²) < 4.78 is 14.0. The molecule has 0 bridgehead atoms. The molecule has 2 fully saturated rings. The van der Waals surface area contributed by atoms with Crippen molar-refractivity contribution >= 4 is 11.7 Å². The summed E-state index contributed by atoms with van der Waals surface area (Å²) in [6.07, 6.45) is 3.28. The summed E-state index contributed by atoms with van der Waals surface area (Å²) in [7, 11) is 0. The number of likely N-dealkylation sites (tertiary alicyclic amines) is 1. The van der Waals surface area contributed by atoms with Gasteiger partial charge < -0.3 is 9.80 Å². The molecule has 2 unspecified atom stereocenters. The first-order chi connectivity index (χ1) is 13.1. The van der Waals surface area contributed by atoms with Gasteiger partial charge in [-0.1, -0.05) is 12.1 Å². The Balaban J connectivity index is 1.32. The predicted octanol–water partition coefficient (Wildman–Crippen LogP) is 2.62. The number of anilines is 1. The standard InChI is InChI=1S/C21H23FN4O/c1-13-23-19-8-4-6-17(19)20(24-13)25-9-14-11-26(12-15(14)10-25)21(27)16-5-2-3-7-18(16)22/h2-3,5,7,14-15H,4,6,8-12H2,1H3. The SMILES string of the molecule is Cc1nc2c(c(N3CC4CN(C(=O)c5ccccc5F)CC4C3)n1)CCC2. The van der Waals surface area contributed by atoms with Gasteiger partial charge in [-0.25, -0.2) is 14.4 Å². The Bertz CT molecular complexity index is 901. The molecular formula is C21H23FN4O. The summed E-state index contributed by atoms with van der Waals surface area (Å²) in [5.74, 6) is 2.18. The minimum Gasteiger partial charge on any atom is -0.356 e. The van der Waals surface area contributed by atoms with Gasteiger partial charge >= 0.3 is 0 Å². The minimum absolute atomic E-state index is 0.179. The third-order valence-corrected chi connectivity index (χ3v) is 6.20. The van der Waals surface area contributed by atoms with Crippen LogP contribution in [-0.2, 0) is 12.8 Å². The number of aryl methyl sites for hydroxylation is 2. The fraction of sp³-hybridized carbons (Fsp3) is 0.476. The summed E-state index contributed by atoms with van der Waals surface area (Å²) in [6, 6.07) is 6.26. The number of carbonyl (C=O) groups is 1. The Labute approximate surface area is 158 Å². The molecule has 2 saturated heterocycles. The number of hydrogen-bond donors (Lipinski definition) is 0. The molecule has 5 nitrogen and oxygen atoms in total. The van der Waals surface area contributed by atoms with Crippen LogP contribution in [0, 0.1) is 24.6 Å². The van der Waals surface area contributed by atoms with Gasteiger partial charge in [-0.05, 0) is 38.3 Å². The van der Waals surface area contributed by atoms with Crippen LogP contribution in [0.15, 0.2) is 24.3 Å². The van der Waals surface area contributed by atoms with Crippen molar-refractivity contribution in [3.8, 4) is 0 Å². The first-order valence-electron chi connectivity index (χ1n) is 9.75. The van der Waals surface area contributed by atoms with E-state index >= 15 is 0 Å². The molecule has 3 heterocycles. The Morgan fingerprint density at radius 2 is 1.81 bits per heavy atom. The molecule has 2 aliphatic heterocycles. The Hall–Kier alpha value is -2.50. The van der Waals surface area contributed by atoms with Gasteiger partial charge in [0.1, 0.15) is 17.5 Å². The van der Waals surface area contributed by atoms with Gasteiger partial charge in [0.25, 0.3) is 5.91 Å². The first-order valence-corrected chi connectivity index (χ1v) is 9.75. The highest BCUT2D eigenvalue weighted by Gasteiger charge is 2.43. The van der Waals surface area contributed by atoms with E-state index in [2.05, 4.69) is 9.88 Å². The summed E-state index contributed by atoms with van der Waals surface area (Å²) in [5, 5.41) is 0. The zero-order chi connectivity index (χ0) is 18.5. The molecular weight excluding hydrogens is 343 g/mol. The monoisotopic (exact) mass is 366 g/mol. The molecule has 140 valence electrons. The lowest BCUT2D eigenvalue weighted by Crippen LogP contribution is -2.34. The van der Waals surface area contributed by atoms with Crippen LogP contribution in [0.1, 0.15) is 33.9 Å². The second-order valence-electron chi connectivity index (χ2n) is 7.99. The fourth-order valence-corrected chi connectivity index (χ4v) is 4.93. The molecule has 27 heavy (non-hydrogen) atoms. The van der Waals surface area contributed by atoms with Crippen molar-refractivity contribution in [2.24, 2.45) is 11.8 Å². The molecule has 1 amide bonds. The van der Waals surface area contributed by atoms with Crippen molar-refractivity contribution in [2.75, 3.05) is 31.1 Å². The molecule has 3 aliphatic rings. The molecule has 1 aromatic carbocycles. The molecule has 0 spiro atoms. The second kappa shape index (κ2) is 6.29. The summed E-state index contributed by atoms with van der Waals surface area (Å²) in [4.78, 5) is 26.3.